The average molecular weight is 1490 g/mol. The van der Waals surface area contributed by atoms with Crippen LogP contribution in [0.4, 0.5) is 5.82 Å². The van der Waals surface area contributed by atoms with Gasteiger partial charge in [-0.15, -0.1) is 0 Å². The van der Waals surface area contributed by atoms with E-state index in [1.807, 2.05) is 0 Å². The molecule has 2 saturated heterocycles. The number of aromatic nitrogens is 1. The summed E-state index contributed by atoms with van der Waals surface area (Å²) in [5.74, 6) is -19.7. The number of pyridine rings is 1. The first-order valence-electron chi connectivity index (χ1n) is 32.1. The van der Waals surface area contributed by atoms with Gasteiger partial charge in [0.15, 0.2) is 17.7 Å². The van der Waals surface area contributed by atoms with E-state index in [0.29, 0.717) is 6.08 Å². The van der Waals surface area contributed by atoms with Crippen LogP contribution in [0.5, 0.6) is 0 Å². The molecule has 2 aromatic rings. The normalized spacial score (nSPS) is 19.1. The van der Waals surface area contributed by atoms with Crippen molar-refractivity contribution in [1.29, 1.82) is 10.8 Å². The molecule has 105 heavy (non-hydrogen) atoms. The zero-order valence-corrected chi connectivity index (χ0v) is 58.1. The Balaban J connectivity index is 1.64. The number of anilines is 1. The highest BCUT2D eigenvalue weighted by Gasteiger charge is 2.34. The molecule has 0 spiro atoms. The number of rotatable bonds is 27. The summed E-state index contributed by atoms with van der Waals surface area (Å²) in [6, 6.07) is 3.16. The summed E-state index contributed by atoms with van der Waals surface area (Å²) in [5.41, 5.74) is 10.4. The highest BCUT2D eigenvalue weighted by atomic mass is 32.2. The summed E-state index contributed by atoms with van der Waals surface area (Å²) >= 11 is 0. The Morgan fingerprint density at radius 3 is 2.00 bits per heavy atom. The van der Waals surface area contributed by atoms with Crippen LogP contribution < -0.4 is 86.0 Å². The van der Waals surface area contributed by atoms with Crippen molar-refractivity contribution in [3.8, 4) is 0 Å². The Hall–Kier alpha value is -12.6. The van der Waals surface area contributed by atoms with Gasteiger partial charge in [-0.05, 0) is 82.1 Å². The van der Waals surface area contributed by atoms with Crippen LogP contribution in [0.25, 0.3) is 0 Å². The largest absolute Gasteiger partial charge is 0.481 e. The van der Waals surface area contributed by atoms with Crippen LogP contribution >= 0.6 is 0 Å². The molecule has 4 rings (SSSR count). The van der Waals surface area contributed by atoms with Crippen LogP contribution in [0.3, 0.4) is 0 Å². The second-order valence-corrected chi connectivity index (χ2v) is 24.9. The fourth-order valence-corrected chi connectivity index (χ4v) is 10.1. The Morgan fingerprint density at radius 2 is 1.35 bits per heavy atom. The highest BCUT2D eigenvalue weighted by Crippen LogP contribution is 2.18. The van der Waals surface area contributed by atoms with Gasteiger partial charge in [-0.25, -0.2) is 14.8 Å². The molecule has 42 heteroatoms. The van der Waals surface area contributed by atoms with Gasteiger partial charge in [-0.1, -0.05) is 44.2 Å². The Morgan fingerprint density at radius 1 is 0.686 bits per heavy atom. The number of ketones is 1. The van der Waals surface area contributed by atoms with Gasteiger partial charge >= 0.3 is 11.9 Å². The first kappa shape index (κ1) is 84.8. The minimum Gasteiger partial charge on any atom is -0.481 e. The van der Waals surface area contributed by atoms with Gasteiger partial charge in [0.05, 0.1) is 43.1 Å². The van der Waals surface area contributed by atoms with E-state index in [2.05, 4.69) is 89.6 Å². The Labute approximate surface area is 599 Å². The van der Waals surface area contributed by atoms with Crippen molar-refractivity contribution in [2.24, 2.45) is 33.4 Å². The number of hydrogen-bond donors (Lipinski definition) is 21. The zero-order valence-electron chi connectivity index (χ0n) is 57.2. The number of unbranched alkanes of at least 4 members (excludes halogenated alkanes) is 1. The van der Waals surface area contributed by atoms with Crippen LogP contribution in [0.1, 0.15) is 108 Å². The van der Waals surface area contributed by atoms with Crippen molar-refractivity contribution in [3.63, 3.8) is 0 Å². The topological polar surface area (TPSA) is 657 Å². The molecule has 2 fully saturated rings. The number of guanidine groups is 2. The number of carbonyl (C=O) groups is 15. The molecule has 41 nitrogen and oxygen atoms in total. The number of carboxylic acids is 2. The maximum absolute atomic E-state index is 14.2. The molecule has 0 aliphatic carbocycles. The maximum Gasteiger partial charge on any atom is 0.330 e. The smallest absolute Gasteiger partial charge is 0.330 e. The third-order valence-electron chi connectivity index (χ3n) is 14.6. The number of amides is 12. The quantitative estimate of drug-likeness (QED) is 0.0100. The summed E-state index contributed by atoms with van der Waals surface area (Å²) < 4.78 is 33.3. The zero-order chi connectivity index (χ0) is 78.1. The third-order valence-corrected chi connectivity index (χ3v) is 15.6. The first-order chi connectivity index (χ1) is 49.5. The van der Waals surface area contributed by atoms with Crippen molar-refractivity contribution in [3.05, 3.63) is 100 Å². The third kappa shape index (κ3) is 30.2. The monoisotopic (exact) mass is 1490 g/mol. The predicted molar refractivity (Wildman–Crippen MR) is 371 cm³/mol. The number of nitrogens with two attached hydrogens (primary N) is 2. The number of carboxylic acid groups (broad SMARTS) is 2. The van der Waals surface area contributed by atoms with Crippen LogP contribution in [0.15, 0.2) is 104 Å². The van der Waals surface area contributed by atoms with Crippen molar-refractivity contribution in [2.75, 3.05) is 44.7 Å². The van der Waals surface area contributed by atoms with Crippen LogP contribution in [-0.2, 0) is 77.2 Å². The minimum absolute atomic E-state index is 0.00229. The number of carbonyl (C=O) groups excluding carboxylic acids is 13. The molecule has 1 aromatic carbocycles. The van der Waals surface area contributed by atoms with Crippen molar-refractivity contribution < 1.29 is 95.1 Å². The van der Waals surface area contributed by atoms with E-state index in [9.17, 15) is 95.1 Å². The molecular formula is C63H83N21O20S. The standard InChI is InChI=1S/C63H83N21O20S/c1-32(2)51-43(85)25-34(53(93)80-41(26-49(89)90)56(96)73-30-47(87)76-37(59(99)82-51)13-9-22-70-62(64)65)20-24-69-55(95)40(78-54(94)36-16-18-45(72-28-36)84-75-29-35-11-5-6-15-44(35)105(102,103)104)17-19-46(86)68-21-8-7-12-39-58(98)81-42(27-50(91)92)57(97)74-31-48(88)77-38(14-10-23-71-63(66)67)60(100)83-52(33(3)4)61(101)79-39/h5-6,11-12,14-16,18,27-29,33-34,37,41,52H,7-10,13,17,19-26,30-31H2,1-4H3,(H,68,86)(H,69,95)(H,72,84)(H,73,96)(H,74,97)(H,76,87)(H,77,88)(H,79,101)(H,80,93)(H,81,98)(H,82,99)(H,83,100)(H,89,90)(H,91,92)(H4,64,65,70)(H4,66,67,71)(H,102,103,104)/b38-14+,39-12+,42-27-,75-29?,78-40+/t34?,37-,41-,52+/m1/s1. The molecule has 566 valence electrons. The Bertz CT molecular complexity index is 4010. The summed E-state index contributed by atoms with van der Waals surface area (Å²) in [4.78, 5) is 209. The highest BCUT2D eigenvalue weighted by molar-refractivity contribution is 7.86. The van der Waals surface area contributed by atoms with Crippen molar-refractivity contribution >= 4 is 128 Å². The number of Topliss-reactive ketones (excluding diaryl/α,β-unsaturated/α-hetero) is 1. The lowest BCUT2D eigenvalue weighted by Gasteiger charge is -2.23. The molecule has 3 heterocycles. The van der Waals surface area contributed by atoms with Crippen molar-refractivity contribution in [2.45, 2.75) is 115 Å². The molecule has 1 aromatic heterocycles. The minimum atomic E-state index is -4.64. The van der Waals surface area contributed by atoms with Gasteiger partial charge < -0.3 is 90.8 Å². The number of hydrazone groups is 1. The number of hydrogen-bond acceptors (Lipinski definition) is 22. The number of nitrogens with one attached hydrogen (secondary N) is 16. The summed E-state index contributed by atoms with van der Waals surface area (Å²) in [5, 5.41) is 68.9. The van der Waals surface area contributed by atoms with Gasteiger partial charge in [0, 0.05) is 63.1 Å². The van der Waals surface area contributed by atoms with Crippen LogP contribution in [-0.4, -0.2) is 198 Å². The first-order valence-corrected chi connectivity index (χ1v) is 33.6. The van der Waals surface area contributed by atoms with E-state index in [1.54, 1.807) is 0 Å². The molecule has 2 aliphatic rings. The van der Waals surface area contributed by atoms with E-state index in [1.165, 1.54) is 64.1 Å². The second kappa shape index (κ2) is 42.0. The second-order valence-electron chi connectivity index (χ2n) is 23.5. The fourth-order valence-electron chi connectivity index (χ4n) is 9.40. The summed E-state index contributed by atoms with van der Waals surface area (Å²) in [7, 11) is -4.64. The van der Waals surface area contributed by atoms with Crippen LogP contribution in [0.2, 0.25) is 0 Å². The van der Waals surface area contributed by atoms with Gasteiger partial charge in [0.2, 0.25) is 41.4 Å². The molecule has 0 bridgehead atoms. The van der Waals surface area contributed by atoms with E-state index in [0.717, 1.165) is 24.6 Å². The maximum atomic E-state index is 14.2. The Kier molecular flexibility index (Phi) is 33.9. The lowest BCUT2D eigenvalue weighted by molar-refractivity contribution is -0.141. The number of nitrogens with zero attached hydrogens (tertiary/aromatic N) is 3. The van der Waals surface area contributed by atoms with E-state index < -0.39 is 214 Å². The number of allylic oxidation sites excluding steroid dienone is 3. The number of aliphatic carboxylic acids is 2. The molecule has 23 N–H and O–H groups in total. The SMILES string of the molecule is CC(C)=C1NC(=O)[C@@H](CCCNC(=N)N)NC(=O)CNC(=O)[C@@H](CC(=O)O)NC(=O)C(CCNC(=O)/C(CCC(=O)NCCC/C=C2/NC(=O)[C@H](C(C)C)NC(=O)/C(=C\CCNC(=N)N)NC(=O)CNC(=O)/C(=C/C(=O)O)NC2=O)=N/C(=O)c2ccc(NN=Cc3ccccc3S(=O)(=O)O)nc2)CC1=O. The molecular weight excluding hydrogens is 1400 g/mol. The average Bonchev–Trinajstić information content (AvgIpc) is 1.54. The molecule has 12 amide bonds. The molecule has 4 atom stereocenters. The van der Waals surface area contributed by atoms with E-state index in [-0.39, 0.29) is 85.9 Å². The lowest BCUT2D eigenvalue weighted by Crippen LogP contribution is -2.53. The van der Waals surface area contributed by atoms with Crippen molar-refractivity contribution in [1.82, 2.24) is 74.1 Å². The number of benzene rings is 1. The number of aliphatic imine (C=N–C) groups is 1. The molecule has 0 radical (unpaired) electrons. The molecule has 2 aliphatic heterocycles. The van der Waals surface area contributed by atoms with Gasteiger partial charge in [0.1, 0.15) is 51.6 Å². The predicted octanol–water partition coefficient (Wildman–Crippen LogP) is -4.41. The lowest BCUT2D eigenvalue weighted by atomic mass is 9.94. The summed E-state index contributed by atoms with van der Waals surface area (Å²) in [6.45, 7) is 3.69. The summed E-state index contributed by atoms with van der Waals surface area (Å²) in [6.07, 6.45) is 1.24. The van der Waals surface area contributed by atoms with Gasteiger partial charge in [-0.2, -0.15) is 13.5 Å². The molecule has 0 saturated carbocycles. The molecule has 1 unspecified atom stereocenters. The van der Waals surface area contributed by atoms with Gasteiger partial charge in [0.25, 0.3) is 39.7 Å². The van der Waals surface area contributed by atoms with Crippen LogP contribution in [0, 0.1) is 22.7 Å². The van der Waals surface area contributed by atoms with Gasteiger partial charge in [-0.3, -0.25) is 87.9 Å². The van der Waals surface area contributed by atoms with E-state index >= 15 is 0 Å². The van der Waals surface area contributed by atoms with E-state index in [4.69, 9.17) is 22.3 Å². The fraction of sp³-hybridized carbons (Fsp3) is 0.397.